The highest BCUT2D eigenvalue weighted by Crippen LogP contribution is 2.24. The average Bonchev–Trinajstić information content (AvgIpc) is 2.32. The minimum absolute atomic E-state index is 0.197. The molecule has 0 aliphatic carbocycles. The standard InChI is InChI=1S/C13H16ClFN2O/c14-12-7-10(1-2-13(12)15)16-3-5-17(6-4-16)11-8-18-9-11/h1-2,7,11H,3-6,8-9H2. The minimum Gasteiger partial charge on any atom is -0.378 e. The number of ether oxygens (including phenoxy) is 1. The Morgan fingerprint density at radius 1 is 1.17 bits per heavy atom. The van der Waals surface area contributed by atoms with Crippen LogP contribution in [0, 0.1) is 5.82 Å². The van der Waals surface area contributed by atoms with Crippen molar-refractivity contribution in [3.8, 4) is 0 Å². The van der Waals surface area contributed by atoms with Gasteiger partial charge < -0.3 is 9.64 Å². The van der Waals surface area contributed by atoms with Gasteiger partial charge in [0.15, 0.2) is 0 Å². The van der Waals surface area contributed by atoms with Crippen molar-refractivity contribution in [1.29, 1.82) is 0 Å². The van der Waals surface area contributed by atoms with E-state index in [1.807, 2.05) is 0 Å². The summed E-state index contributed by atoms with van der Waals surface area (Å²) in [5, 5.41) is 0.197. The summed E-state index contributed by atoms with van der Waals surface area (Å²) in [6.45, 7) is 5.70. The Balaban J connectivity index is 1.62. The van der Waals surface area contributed by atoms with Crippen LogP contribution in [0.1, 0.15) is 0 Å². The summed E-state index contributed by atoms with van der Waals surface area (Å²) in [5.41, 5.74) is 1.01. The minimum atomic E-state index is -0.356. The number of rotatable bonds is 2. The number of nitrogens with zero attached hydrogens (tertiary/aromatic N) is 2. The molecule has 2 heterocycles. The summed E-state index contributed by atoms with van der Waals surface area (Å²) < 4.78 is 18.3. The molecule has 18 heavy (non-hydrogen) atoms. The summed E-state index contributed by atoms with van der Waals surface area (Å²) in [6, 6.07) is 5.54. The molecule has 98 valence electrons. The van der Waals surface area contributed by atoms with E-state index < -0.39 is 0 Å². The second-order valence-electron chi connectivity index (χ2n) is 4.81. The number of hydrogen-bond acceptors (Lipinski definition) is 3. The molecule has 0 amide bonds. The molecule has 2 fully saturated rings. The van der Waals surface area contributed by atoms with Crippen molar-refractivity contribution in [3.63, 3.8) is 0 Å². The van der Waals surface area contributed by atoms with Crippen molar-refractivity contribution in [2.24, 2.45) is 0 Å². The molecule has 0 saturated carbocycles. The number of benzene rings is 1. The van der Waals surface area contributed by atoms with E-state index in [0.29, 0.717) is 6.04 Å². The maximum Gasteiger partial charge on any atom is 0.141 e. The van der Waals surface area contributed by atoms with Gasteiger partial charge in [-0.15, -0.1) is 0 Å². The number of anilines is 1. The van der Waals surface area contributed by atoms with Crippen LogP contribution in [-0.2, 0) is 4.74 Å². The zero-order chi connectivity index (χ0) is 12.5. The Labute approximate surface area is 111 Å². The molecule has 3 nitrogen and oxygen atoms in total. The topological polar surface area (TPSA) is 15.7 Å². The van der Waals surface area contributed by atoms with Gasteiger partial charge in [0.1, 0.15) is 5.82 Å². The quantitative estimate of drug-likeness (QED) is 0.818. The monoisotopic (exact) mass is 270 g/mol. The van der Waals surface area contributed by atoms with Crippen LogP contribution in [-0.4, -0.2) is 50.3 Å². The van der Waals surface area contributed by atoms with Gasteiger partial charge in [-0.05, 0) is 18.2 Å². The number of halogens is 2. The van der Waals surface area contributed by atoms with Gasteiger partial charge in [-0.2, -0.15) is 0 Å². The van der Waals surface area contributed by atoms with Gasteiger partial charge in [-0.3, -0.25) is 4.90 Å². The molecular formula is C13H16ClFN2O. The van der Waals surface area contributed by atoms with E-state index in [-0.39, 0.29) is 10.8 Å². The molecule has 1 aromatic carbocycles. The summed E-state index contributed by atoms with van der Waals surface area (Å²) >= 11 is 5.82. The van der Waals surface area contributed by atoms with Crippen molar-refractivity contribution < 1.29 is 9.13 Å². The van der Waals surface area contributed by atoms with E-state index in [4.69, 9.17) is 16.3 Å². The smallest absolute Gasteiger partial charge is 0.141 e. The summed E-state index contributed by atoms with van der Waals surface area (Å²) in [7, 11) is 0. The molecule has 5 heteroatoms. The second kappa shape index (κ2) is 5.03. The van der Waals surface area contributed by atoms with E-state index in [1.165, 1.54) is 6.07 Å². The van der Waals surface area contributed by atoms with Crippen LogP contribution >= 0.6 is 11.6 Å². The SMILES string of the molecule is Fc1ccc(N2CCN(C3COC3)CC2)cc1Cl. The first kappa shape index (κ1) is 12.2. The molecule has 0 unspecified atom stereocenters. The average molecular weight is 271 g/mol. The predicted octanol–water partition coefficient (Wildman–Crippen LogP) is 2.00. The zero-order valence-corrected chi connectivity index (χ0v) is 10.9. The third kappa shape index (κ3) is 2.32. The lowest BCUT2D eigenvalue weighted by atomic mass is 10.1. The van der Waals surface area contributed by atoms with Crippen LogP contribution in [0.2, 0.25) is 5.02 Å². The van der Waals surface area contributed by atoms with Crippen LogP contribution in [0.3, 0.4) is 0 Å². The molecule has 1 aromatic rings. The summed E-state index contributed by atoms with van der Waals surface area (Å²) in [5.74, 6) is -0.356. The lowest BCUT2D eigenvalue weighted by Crippen LogP contribution is -2.56. The van der Waals surface area contributed by atoms with Crippen molar-refractivity contribution in [2.45, 2.75) is 6.04 Å². The summed E-state index contributed by atoms with van der Waals surface area (Å²) in [6.07, 6.45) is 0. The van der Waals surface area contributed by atoms with Gasteiger partial charge in [-0.25, -0.2) is 4.39 Å². The fourth-order valence-electron chi connectivity index (χ4n) is 2.46. The predicted molar refractivity (Wildman–Crippen MR) is 69.8 cm³/mol. The van der Waals surface area contributed by atoms with Crippen LogP contribution in [0.25, 0.3) is 0 Å². The first-order chi connectivity index (χ1) is 8.74. The lowest BCUT2D eigenvalue weighted by Gasteiger charge is -2.43. The van der Waals surface area contributed by atoms with Gasteiger partial charge >= 0.3 is 0 Å². The molecule has 0 radical (unpaired) electrons. The Bertz CT molecular complexity index is 431. The largest absolute Gasteiger partial charge is 0.378 e. The van der Waals surface area contributed by atoms with Gasteiger partial charge in [0, 0.05) is 31.9 Å². The molecule has 2 aliphatic rings. The molecule has 0 aromatic heterocycles. The second-order valence-corrected chi connectivity index (χ2v) is 5.22. The highest BCUT2D eigenvalue weighted by atomic mass is 35.5. The Kier molecular flexibility index (Phi) is 3.41. The fraction of sp³-hybridized carbons (Fsp3) is 0.538. The number of hydrogen-bond donors (Lipinski definition) is 0. The van der Waals surface area contributed by atoms with E-state index in [0.717, 1.165) is 45.1 Å². The van der Waals surface area contributed by atoms with Gasteiger partial charge in [-0.1, -0.05) is 11.6 Å². The van der Waals surface area contributed by atoms with Crippen LogP contribution < -0.4 is 4.90 Å². The van der Waals surface area contributed by atoms with E-state index >= 15 is 0 Å². The van der Waals surface area contributed by atoms with Crippen molar-refractivity contribution in [1.82, 2.24) is 4.90 Å². The maximum atomic E-state index is 13.1. The molecule has 0 atom stereocenters. The molecule has 2 aliphatic heterocycles. The Morgan fingerprint density at radius 3 is 2.44 bits per heavy atom. The normalized spacial score (nSPS) is 22.0. The Morgan fingerprint density at radius 2 is 1.89 bits per heavy atom. The lowest BCUT2D eigenvalue weighted by molar-refractivity contribution is -0.0660. The molecular weight excluding hydrogens is 255 g/mol. The first-order valence-corrected chi connectivity index (χ1v) is 6.63. The molecule has 0 N–H and O–H groups in total. The van der Waals surface area contributed by atoms with Crippen LogP contribution in [0.4, 0.5) is 10.1 Å². The molecule has 0 spiro atoms. The molecule has 3 rings (SSSR count). The maximum absolute atomic E-state index is 13.1. The van der Waals surface area contributed by atoms with E-state index in [1.54, 1.807) is 12.1 Å². The van der Waals surface area contributed by atoms with Gasteiger partial charge in [0.05, 0.1) is 24.3 Å². The Hall–Kier alpha value is -0.840. The molecule has 0 bridgehead atoms. The van der Waals surface area contributed by atoms with E-state index in [9.17, 15) is 4.39 Å². The van der Waals surface area contributed by atoms with Crippen molar-refractivity contribution >= 4 is 17.3 Å². The van der Waals surface area contributed by atoms with Crippen LogP contribution in [0.5, 0.6) is 0 Å². The highest BCUT2D eigenvalue weighted by Gasteiger charge is 2.28. The van der Waals surface area contributed by atoms with Crippen molar-refractivity contribution in [3.05, 3.63) is 29.0 Å². The number of piperazine rings is 1. The van der Waals surface area contributed by atoms with Gasteiger partial charge in [0.25, 0.3) is 0 Å². The highest BCUT2D eigenvalue weighted by molar-refractivity contribution is 6.31. The van der Waals surface area contributed by atoms with Gasteiger partial charge in [0.2, 0.25) is 0 Å². The third-order valence-corrected chi connectivity index (χ3v) is 4.01. The third-order valence-electron chi connectivity index (χ3n) is 3.72. The first-order valence-electron chi connectivity index (χ1n) is 6.26. The van der Waals surface area contributed by atoms with Crippen LogP contribution in [0.15, 0.2) is 18.2 Å². The summed E-state index contributed by atoms with van der Waals surface area (Å²) in [4.78, 5) is 4.71. The van der Waals surface area contributed by atoms with E-state index in [2.05, 4.69) is 9.80 Å². The fourth-order valence-corrected chi connectivity index (χ4v) is 2.64. The zero-order valence-electron chi connectivity index (χ0n) is 10.1. The van der Waals surface area contributed by atoms with Crippen molar-refractivity contribution in [2.75, 3.05) is 44.3 Å². The molecule has 2 saturated heterocycles.